The number of fused-ring (bicyclic) bond motifs is 1. The third-order valence-corrected chi connectivity index (χ3v) is 4.57. The summed E-state index contributed by atoms with van der Waals surface area (Å²) in [6.45, 7) is 2.02. The molecule has 0 radical (unpaired) electrons. The molecule has 2 atom stereocenters. The molecule has 1 aromatic heterocycles. The zero-order valence-electron chi connectivity index (χ0n) is 12.5. The number of aromatic amines is 1. The highest BCUT2D eigenvalue weighted by Gasteiger charge is 2.35. The minimum Gasteiger partial charge on any atom is -0.322 e. The van der Waals surface area contributed by atoms with Crippen LogP contribution in [0.25, 0.3) is 10.9 Å². The summed E-state index contributed by atoms with van der Waals surface area (Å²) in [7, 11) is 0. The van der Waals surface area contributed by atoms with Gasteiger partial charge in [-0.1, -0.05) is 25.5 Å². The average Bonchev–Trinajstić information content (AvgIpc) is 3.19. The third-order valence-electron chi connectivity index (χ3n) is 4.57. The van der Waals surface area contributed by atoms with Crippen molar-refractivity contribution in [3.63, 3.8) is 0 Å². The predicted molar refractivity (Wildman–Crippen MR) is 84.6 cm³/mol. The van der Waals surface area contributed by atoms with Gasteiger partial charge in [-0.3, -0.25) is 9.18 Å². The lowest BCUT2D eigenvalue weighted by molar-refractivity contribution is 0.456. The molecule has 1 saturated carbocycles. The van der Waals surface area contributed by atoms with Crippen LogP contribution in [0.3, 0.4) is 0 Å². The van der Waals surface area contributed by atoms with Crippen LogP contribution in [0.4, 0.5) is 4.39 Å². The van der Waals surface area contributed by atoms with Gasteiger partial charge in [0.05, 0.1) is 6.67 Å². The van der Waals surface area contributed by atoms with Gasteiger partial charge in [0.15, 0.2) is 0 Å². The minimum absolute atomic E-state index is 0.0380. The van der Waals surface area contributed by atoms with E-state index in [1.807, 2.05) is 12.1 Å². The van der Waals surface area contributed by atoms with Gasteiger partial charge in [0.25, 0.3) is 0 Å². The number of aromatic nitrogens is 1. The first-order chi connectivity index (χ1) is 10.2. The van der Waals surface area contributed by atoms with Crippen LogP contribution >= 0.6 is 0 Å². The minimum atomic E-state index is -0.249. The molecule has 0 amide bonds. The number of hydrogen-bond donors (Lipinski definition) is 1. The fraction of sp³-hybridized carbons (Fsp3) is 0.500. The lowest BCUT2D eigenvalue weighted by Crippen LogP contribution is -2.08. The average molecular weight is 287 g/mol. The van der Waals surface area contributed by atoms with E-state index in [9.17, 15) is 9.18 Å². The summed E-state index contributed by atoms with van der Waals surface area (Å²) in [6, 6.07) is 7.94. The van der Waals surface area contributed by atoms with Gasteiger partial charge in [0.1, 0.15) is 0 Å². The molecule has 1 aromatic carbocycles. The van der Waals surface area contributed by atoms with Crippen molar-refractivity contribution >= 4 is 10.9 Å². The highest BCUT2D eigenvalue weighted by atomic mass is 19.1. The number of halogens is 1. The van der Waals surface area contributed by atoms with Crippen molar-refractivity contribution in [1.82, 2.24) is 4.98 Å². The number of H-pyrrole nitrogens is 1. The van der Waals surface area contributed by atoms with Gasteiger partial charge in [-0.15, -0.1) is 0 Å². The van der Waals surface area contributed by atoms with Gasteiger partial charge in [0.2, 0.25) is 5.56 Å². The van der Waals surface area contributed by atoms with Crippen molar-refractivity contribution < 1.29 is 4.39 Å². The standard InChI is InChI=1S/C18H22FNO/c1-12-10-15(12)14-7-5-8-16-18(14)13(11-17(21)20-16)6-3-2-4-9-19/h5,7-8,11-12,15H,2-4,6,9-10H2,1H3,(H,20,21). The molecule has 1 aliphatic rings. The van der Waals surface area contributed by atoms with Crippen LogP contribution in [0.2, 0.25) is 0 Å². The molecule has 2 aromatic rings. The highest BCUT2D eigenvalue weighted by molar-refractivity contribution is 5.86. The SMILES string of the molecule is CC1CC1c1cccc2[nH]c(=O)cc(CCCCCF)c12. The van der Waals surface area contributed by atoms with Crippen LogP contribution in [0.5, 0.6) is 0 Å². The summed E-state index contributed by atoms with van der Waals surface area (Å²) in [6.07, 6.45) is 4.54. The Hall–Kier alpha value is -1.64. The largest absolute Gasteiger partial charge is 0.322 e. The van der Waals surface area contributed by atoms with E-state index in [0.29, 0.717) is 12.3 Å². The van der Waals surface area contributed by atoms with E-state index in [1.165, 1.54) is 17.4 Å². The summed E-state index contributed by atoms with van der Waals surface area (Å²) in [5.41, 5.74) is 3.41. The van der Waals surface area contributed by atoms with Crippen LogP contribution in [0, 0.1) is 5.92 Å². The maximum Gasteiger partial charge on any atom is 0.248 e. The molecule has 21 heavy (non-hydrogen) atoms. The fourth-order valence-electron chi connectivity index (χ4n) is 3.28. The summed E-state index contributed by atoms with van der Waals surface area (Å²) < 4.78 is 12.2. The number of aryl methyl sites for hydroxylation is 1. The normalized spacial score (nSPS) is 20.9. The van der Waals surface area contributed by atoms with Crippen molar-refractivity contribution in [3.8, 4) is 0 Å². The molecule has 0 saturated heterocycles. The van der Waals surface area contributed by atoms with Crippen LogP contribution in [0.15, 0.2) is 29.1 Å². The van der Waals surface area contributed by atoms with Gasteiger partial charge >= 0.3 is 0 Å². The van der Waals surface area contributed by atoms with E-state index in [2.05, 4.69) is 18.0 Å². The van der Waals surface area contributed by atoms with Gasteiger partial charge in [-0.05, 0) is 54.7 Å². The van der Waals surface area contributed by atoms with E-state index >= 15 is 0 Å². The Morgan fingerprint density at radius 2 is 2.10 bits per heavy atom. The van der Waals surface area contributed by atoms with E-state index in [0.717, 1.165) is 36.3 Å². The van der Waals surface area contributed by atoms with E-state index in [-0.39, 0.29) is 12.2 Å². The fourth-order valence-corrected chi connectivity index (χ4v) is 3.28. The van der Waals surface area contributed by atoms with Crippen molar-refractivity contribution in [2.45, 2.75) is 44.9 Å². The highest BCUT2D eigenvalue weighted by Crippen LogP contribution is 2.49. The number of nitrogens with one attached hydrogen (secondary N) is 1. The van der Waals surface area contributed by atoms with Crippen LogP contribution in [-0.4, -0.2) is 11.7 Å². The van der Waals surface area contributed by atoms with Crippen molar-refractivity contribution in [2.24, 2.45) is 5.92 Å². The van der Waals surface area contributed by atoms with Gasteiger partial charge in [0, 0.05) is 17.0 Å². The van der Waals surface area contributed by atoms with Crippen molar-refractivity contribution in [2.75, 3.05) is 6.67 Å². The summed E-state index contributed by atoms with van der Waals surface area (Å²) in [5.74, 6) is 1.37. The molecule has 1 N–H and O–H groups in total. The number of benzene rings is 1. The molecular weight excluding hydrogens is 265 g/mol. The van der Waals surface area contributed by atoms with Gasteiger partial charge in [-0.25, -0.2) is 0 Å². The first kappa shape index (κ1) is 14.3. The molecular formula is C18H22FNO. The lowest BCUT2D eigenvalue weighted by atomic mass is 9.96. The Morgan fingerprint density at radius 1 is 1.29 bits per heavy atom. The Bertz CT molecular complexity index is 691. The second-order valence-electron chi connectivity index (χ2n) is 6.25. The van der Waals surface area contributed by atoms with Gasteiger partial charge < -0.3 is 4.98 Å². The van der Waals surface area contributed by atoms with Crippen molar-refractivity contribution in [3.05, 3.63) is 45.7 Å². The van der Waals surface area contributed by atoms with E-state index in [4.69, 9.17) is 0 Å². The molecule has 1 fully saturated rings. The number of rotatable bonds is 6. The van der Waals surface area contributed by atoms with E-state index < -0.39 is 0 Å². The first-order valence-electron chi connectivity index (χ1n) is 7.91. The lowest BCUT2D eigenvalue weighted by Gasteiger charge is -2.11. The Balaban J connectivity index is 1.98. The predicted octanol–water partition coefficient (Wildman–Crippen LogP) is 4.33. The van der Waals surface area contributed by atoms with Crippen molar-refractivity contribution in [1.29, 1.82) is 0 Å². The monoisotopic (exact) mass is 287 g/mol. The molecule has 2 unspecified atom stereocenters. The van der Waals surface area contributed by atoms with Crippen LogP contribution in [0.1, 0.15) is 49.7 Å². The zero-order chi connectivity index (χ0) is 14.8. The summed E-state index contributed by atoms with van der Waals surface area (Å²) in [5, 5.41) is 1.23. The second kappa shape index (κ2) is 6.00. The first-order valence-corrected chi connectivity index (χ1v) is 7.91. The third kappa shape index (κ3) is 3.02. The molecule has 0 bridgehead atoms. The molecule has 3 rings (SSSR count). The summed E-state index contributed by atoms with van der Waals surface area (Å²) in [4.78, 5) is 14.8. The number of unbranched alkanes of at least 4 members (excludes halogenated alkanes) is 2. The zero-order valence-corrected chi connectivity index (χ0v) is 12.5. The molecule has 1 aliphatic carbocycles. The Kier molecular flexibility index (Phi) is 4.09. The maximum atomic E-state index is 12.2. The van der Waals surface area contributed by atoms with Crippen LogP contribution < -0.4 is 5.56 Å². The Labute approximate surface area is 124 Å². The quantitative estimate of drug-likeness (QED) is 0.788. The molecule has 0 aliphatic heterocycles. The topological polar surface area (TPSA) is 32.9 Å². The van der Waals surface area contributed by atoms with Crippen LogP contribution in [-0.2, 0) is 6.42 Å². The smallest absolute Gasteiger partial charge is 0.248 e. The number of hydrogen-bond acceptors (Lipinski definition) is 1. The number of pyridine rings is 1. The second-order valence-corrected chi connectivity index (χ2v) is 6.25. The molecule has 3 heteroatoms. The van der Waals surface area contributed by atoms with E-state index in [1.54, 1.807) is 6.07 Å². The molecule has 112 valence electrons. The van der Waals surface area contributed by atoms with Gasteiger partial charge in [-0.2, -0.15) is 0 Å². The number of alkyl halides is 1. The molecule has 0 spiro atoms. The molecule has 2 nitrogen and oxygen atoms in total. The molecule has 1 heterocycles. The Morgan fingerprint density at radius 3 is 2.81 bits per heavy atom. The summed E-state index contributed by atoms with van der Waals surface area (Å²) >= 11 is 0. The maximum absolute atomic E-state index is 12.2.